The van der Waals surface area contributed by atoms with Gasteiger partial charge in [0, 0.05) is 31.1 Å². The first-order chi connectivity index (χ1) is 24.0. The van der Waals surface area contributed by atoms with Gasteiger partial charge in [-0.05, 0) is 104 Å². The number of ether oxygens (including phenoxy) is 3. The molecule has 3 aromatic rings. The van der Waals surface area contributed by atoms with E-state index >= 15 is 0 Å². The predicted octanol–water partition coefficient (Wildman–Crippen LogP) is 6.18. The van der Waals surface area contributed by atoms with Gasteiger partial charge in [0.05, 0.1) is 32.3 Å². The molecule has 11 heteroatoms. The first-order valence-corrected chi connectivity index (χ1v) is 17.1. The Morgan fingerprint density at radius 1 is 0.860 bits per heavy atom. The summed E-state index contributed by atoms with van der Waals surface area (Å²) < 4.78 is 17.3. The number of carboxylic acid groups (broad SMARTS) is 2. The highest BCUT2D eigenvalue weighted by molar-refractivity contribution is 6.04. The summed E-state index contributed by atoms with van der Waals surface area (Å²) in [6.45, 7) is 7.17. The van der Waals surface area contributed by atoms with E-state index in [4.69, 9.17) is 14.2 Å². The van der Waals surface area contributed by atoms with Crippen molar-refractivity contribution in [3.8, 4) is 17.2 Å². The third-order valence-electron chi connectivity index (χ3n) is 10.00. The Hall–Kier alpha value is -5.19. The molecule has 0 aromatic heterocycles. The van der Waals surface area contributed by atoms with Gasteiger partial charge in [0.25, 0.3) is 5.91 Å². The lowest BCUT2D eigenvalue weighted by atomic mass is 9.81. The molecule has 2 fully saturated rings. The van der Waals surface area contributed by atoms with E-state index in [2.05, 4.69) is 32.9 Å². The lowest BCUT2D eigenvalue weighted by Gasteiger charge is -2.49. The van der Waals surface area contributed by atoms with Gasteiger partial charge in [-0.2, -0.15) is 0 Å². The molecule has 264 valence electrons. The molecule has 1 aliphatic carbocycles. The molecule has 11 nitrogen and oxygen atoms in total. The number of methoxy groups -OCH3 is 1. The Kier molecular flexibility index (Phi) is 10.2. The highest BCUT2D eigenvalue weighted by Crippen LogP contribution is 2.41. The largest absolute Gasteiger partial charge is 0.497 e. The van der Waals surface area contributed by atoms with Crippen molar-refractivity contribution in [2.75, 3.05) is 40.0 Å². The van der Waals surface area contributed by atoms with Crippen molar-refractivity contribution in [1.82, 2.24) is 14.7 Å². The van der Waals surface area contributed by atoms with Gasteiger partial charge in [-0.25, -0.2) is 9.59 Å². The van der Waals surface area contributed by atoms with Gasteiger partial charge in [-0.1, -0.05) is 30.3 Å². The second-order valence-corrected chi connectivity index (χ2v) is 13.4. The van der Waals surface area contributed by atoms with Gasteiger partial charge in [0.2, 0.25) is 0 Å². The summed E-state index contributed by atoms with van der Waals surface area (Å²) in [6.07, 6.45) is 0.300. The average molecular weight is 684 g/mol. The zero-order chi connectivity index (χ0) is 35.5. The molecule has 0 spiro atoms. The number of rotatable bonds is 12. The topological polar surface area (TPSA) is 129 Å². The molecule has 3 aromatic carbocycles. The standard InChI is InChI=1S/C39H45N3O8/c1-24-19-25(2)26(3)35(20-24)50-17-15-27-5-7-28(8-6-27)33-21-30-22-40(38(44)45)23-34(42(30)39(46)47)36(33)37(43)41(29-9-10-29)16-18-49-32-13-11-31(48-4)12-14-32/h5-8,11-14,19-20,29-30,34H,9-10,15-18,21-23H2,1-4H3,(H,44,45)(H,46,47)/t30-,34-/m1/s1. The number of aryl methyl sites for hydroxylation is 2. The van der Waals surface area contributed by atoms with Gasteiger partial charge in [0.1, 0.15) is 23.9 Å². The van der Waals surface area contributed by atoms with Gasteiger partial charge in [-0.3, -0.25) is 9.69 Å². The van der Waals surface area contributed by atoms with Crippen molar-refractivity contribution in [2.24, 2.45) is 0 Å². The number of amides is 3. The van der Waals surface area contributed by atoms with E-state index in [0.717, 1.165) is 46.4 Å². The van der Waals surface area contributed by atoms with Crippen LogP contribution in [0.4, 0.5) is 9.59 Å². The number of fused-ring (bicyclic) bond motifs is 2. The van der Waals surface area contributed by atoms with Gasteiger partial charge < -0.3 is 34.2 Å². The molecule has 2 aliphatic heterocycles. The maximum atomic E-state index is 14.6. The lowest BCUT2D eigenvalue weighted by molar-refractivity contribution is -0.129. The van der Waals surface area contributed by atoms with Gasteiger partial charge in [-0.15, -0.1) is 0 Å². The van der Waals surface area contributed by atoms with E-state index in [1.807, 2.05) is 24.3 Å². The normalized spacial score (nSPS) is 18.5. The van der Waals surface area contributed by atoms with Crippen LogP contribution in [0.25, 0.3) is 5.57 Å². The van der Waals surface area contributed by atoms with Crippen LogP contribution in [-0.4, -0.2) is 101 Å². The maximum Gasteiger partial charge on any atom is 0.408 e. The van der Waals surface area contributed by atoms with Crippen molar-refractivity contribution in [3.05, 3.63) is 94.1 Å². The zero-order valence-corrected chi connectivity index (χ0v) is 29.1. The number of nitrogens with zero attached hydrogens (tertiary/aromatic N) is 3. The van der Waals surface area contributed by atoms with Crippen LogP contribution in [0, 0.1) is 20.8 Å². The molecule has 0 unspecified atom stereocenters. The van der Waals surface area contributed by atoms with Crippen molar-refractivity contribution >= 4 is 23.7 Å². The monoisotopic (exact) mass is 683 g/mol. The second kappa shape index (κ2) is 14.7. The van der Waals surface area contributed by atoms with E-state index in [1.165, 1.54) is 15.4 Å². The summed E-state index contributed by atoms with van der Waals surface area (Å²) in [6, 6.07) is 17.9. The van der Waals surface area contributed by atoms with Gasteiger partial charge >= 0.3 is 12.2 Å². The van der Waals surface area contributed by atoms with Crippen LogP contribution in [0.15, 0.2) is 66.2 Å². The Labute approximate surface area is 292 Å². The molecule has 2 bridgehead atoms. The van der Waals surface area contributed by atoms with E-state index in [-0.39, 0.29) is 38.1 Å². The summed E-state index contributed by atoms with van der Waals surface area (Å²) in [5.41, 5.74) is 6.48. The maximum absolute atomic E-state index is 14.6. The Balaban J connectivity index is 1.26. The fourth-order valence-corrected chi connectivity index (χ4v) is 7.13. The molecule has 2 heterocycles. The fourth-order valence-electron chi connectivity index (χ4n) is 7.13. The number of carbonyl (C=O) groups is 3. The minimum atomic E-state index is -1.16. The van der Waals surface area contributed by atoms with Crippen LogP contribution < -0.4 is 14.2 Å². The quantitative estimate of drug-likeness (QED) is 0.232. The first kappa shape index (κ1) is 34.7. The molecule has 2 N–H and O–H groups in total. The minimum absolute atomic E-state index is 0.00842. The molecule has 50 heavy (non-hydrogen) atoms. The highest BCUT2D eigenvalue weighted by atomic mass is 16.5. The molecular formula is C39H45N3O8. The number of hydrogen-bond acceptors (Lipinski definition) is 6. The number of carbonyl (C=O) groups excluding carboxylic acids is 1. The van der Waals surface area contributed by atoms with E-state index < -0.39 is 24.3 Å². The van der Waals surface area contributed by atoms with E-state index in [0.29, 0.717) is 36.6 Å². The Morgan fingerprint density at radius 2 is 1.56 bits per heavy atom. The van der Waals surface area contributed by atoms with Crippen LogP contribution in [0.3, 0.4) is 0 Å². The summed E-state index contributed by atoms with van der Waals surface area (Å²) in [5.74, 6) is 1.96. The van der Waals surface area contributed by atoms with E-state index in [1.54, 1.807) is 36.3 Å². The predicted molar refractivity (Wildman–Crippen MR) is 188 cm³/mol. The molecule has 1 saturated carbocycles. The molecule has 6 rings (SSSR count). The Morgan fingerprint density at radius 3 is 2.20 bits per heavy atom. The van der Waals surface area contributed by atoms with Crippen LogP contribution in [-0.2, 0) is 11.2 Å². The van der Waals surface area contributed by atoms with Gasteiger partial charge in [0.15, 0.2) is 0 Å². The second-order valence-electron chi connectivity index (χ2n) is 13.4. The first-order valence-electron chi connectivity index (χ1n) is 17.1. The highest BCUT2D eigenvalue weighted by Gasteiger charge is 2.49. The lowest BCUT2D eigenvalue weighted by Crippen LogP contribution is -2.65. The summed E-state index contributed by atoms with van der Waals surface area (Å²) in [5, 5.41) is 20.2. The van der Waals surface area contributed by atoms with E-state index in [9.17, 15) is 24.6 Å². The van der Waals surface area contributed by atoms with Crippen LogP contribution in [0.1, 0.15) is 47.1 Å². The SMILES string of the molecule is COc1ccc(OCCN(C(=O)C2=C(c3ccc(CCOc4cc(C)cc(C)c4C)cc3)C[C@@H]3CN(C(=O)O)C[C@H]2N3C(=O)O)C2CC2)cc1. The van der Waals surface area contributed by atoms with Crippen molar-refractivity contribution in [1.29, 1.82) is 0 Å². The third-order valence-corrected chi connectivity index (χ3v) is 10.00. The summed E-state index contributed by atoms with van der Waals surface area (Å²) >= 11 is 0. The molecular weight excluding hydrogens is 638 g/mol. The van der Waals surface area contributed by atoms with Crippen LogP contribution in [0.2, 0.25) is 0 Å². The minimum Gasteiger partial charge on any atom is -0.497 e. The van der Waals surface area contributed by atoms with Crippen LogP contribution >= 0.6 is 0 Å². The average Bonchev–Trinajstić information content (AvgIpc) is 3.94. The zero-order valence-electron chi connectivity index (χ0n) is 29.1. The van der Waals surface area contributed by atoms with Crippen LogP contribution in [0.5, 0.6) is 17.2 Å². The van der Waals surface area contributed by atoms with Crippen molar-refractivity contribution in [2.45, 2.75) is 64.6 Å². The van der Waals surface area contributed by atoms with Crippen molar-refractivity contribution in [3.63, 3.8) is 0 Å². The molecule has 0 radical (unpaired) electrons. The van der Waals surface area contributed by atoms with Crippen molar-refractivity contribution < 1.29 is 38.8 Å². The fraction of sp³-hybridized carbons (Fsp3) is 0.410. The number of benzene rings is 3. The number of hydrogen-bond donors (Lipinski definition) is 2. The third kappa shape index (κ3) is 7.51. The molecule has 2 atom stereocenters. The smallest absolute Gasteiger partial charge is 0.408 e. The molecule has 1 saturated heterocycles. The Bertz CT molecular complexity index is 1770. The molecule has 3 aliphatic rings. The number of piperazine rings is 1. The summed E-state index contributed by atoms with van der Waals surface area (Å²) in [4.78, 5) is 43.7. The summed E-state index contributed by atoms with van der Waals surface area (Å²) in [7, 11) is 1.59. The molecule has 3 amide bonds.